The van der Waals surface area contributed by atoms with Gasteiger partial charge in [0.15, 0.2) is 5.69 Å². The minimum absolute atomic E-state index is 0.491. The standard InChI is InChI=1S/C6H5F6N3/c1-2-3(5(7,8)9)15(13)4(14-2)6(10,11)12/h13H2,1H3. The molecule has 0 radical (unpaired) electrons. The molecule has 0 aliphatic carbocycles. The first-order valence-electron chi connectivity index (χ1n) is 3.54. The Morgan fingerprint density at radius 1 is 1.07 bits per heavy atom. The summed E-state index contributed by atoms with van der Waals surface area (Å²) in [5, 5.41) is 0. The summed E-state index contributed by atoms with van der Waals surface area (Å²) in [6, 6.07) is 0. The number of halogens is 6. The van der Waals surface area contributed by atoms with Crippen LogP contribution >= 0.6 is 0 Å². The minimum Gasteiger partial charge on any atom is -0.337 e. The fraction of sp³-hybridized carbons (Fsp3) is 0.500. The van der Waals surface area contributed by atoms with Crippen molar-refractivity contribution in [3.8, 4) is 0 Å². The Morgan fingerprint density at radius 2 is 1.53 bits per heavy atom. The molecule has 0 aliphatic rings. The summed E-state index contributed by atoms with van der Waals surface area (Å²) in [7, 11) is 0. The van der Waals surface area contributed by atoms with Crippen LogP contribution in [0.25, 0.3) is 0 Å². The van der Waals surface area contributed by atoms with E-state index in [0.717, 1.165) is 6.92 Å². The highest BCUT2D eigenvalue weighted by molar-refractivity contribution is 5.20. The van der Waals surface area contributed by atoms with Gasteiger partial charge in [-0.05, 0) is 6.92 Å². The van der Waals surface area contributed by atoms with Crippen LogP contribution in [0.3, 0.4) is 0 Å². The summed E-state index contributed by atoms with van der Waals surface area (Å²) in [5.41, 5.74) is -2.41. The highest BCUT2D eigenvalue weighted by Gasteiger charge is 2.44. The molecule has 0 aliphatic heterocycles. The number of imidazole rings is 1. The van der Waals surface area contributed by atoms with E-state index in [-0.39, 0.29) is 0 Å². The van der Waals surface area contributed by atoms with E-state index in [0.29, 0.717) is 0 Å². The predicted octanol–water partition coefficient (Wildman–Crippen LogP) is 1.94. The quantitative estimate of drug-likeness (QED) is 0.549. The Bertz CT molecular complexity index is 373. The van der Waals surface area contributed by atoms with Crippen molar-refractivity contribution in [2.24, 2.45) is 0 Å². The van der Waals surface area contributed by atoms with Gasteiger partial charge in [-0.3, -0.25) is 0 Å². The van der Waals surface area contributed by atoms with E-state index in [1.165, 1.54) is 0 Å². The average Bonchev–Trinajstić information content (AvgIpc) is 2.22. The van der Waals surface area contributed by atoms with E-state index in [1.807, 2.05) is 0 Å². The maximum absolute atomic E-state index is 12.2. The summed E-state index contributed by atoms with van der Waals surface area (Å²) < 4.78 is 72.4. The molecule has 0 unspecified atom stereocenters. The Hall–Kier alpha value is -1.41. The number of nitrogen functional groups attached to an aromatic ring is 1. The Kier molecular flexibility index (Phi) is 2.36. The first-order valence-corrected chi connectivity index (χ1v) is 3.54. The van der Waals surface area contributed by atoms with Crippen molar-refractivity contribution < 1.29 is 26.3 Å². The molecule has 3 nitrogen and oxygen atoms in total. The molecule has 9 heteroatoms. The Labute approximate surface area is 79.5 Å². The van der Waals surface area contributed by atoms with Crippen molar-refractivity contribution in [2.75, 3.05) is 5.84 Å². The van der Waals surface area contributed by atoms with Crippen molar-refractivity contribution in [3.63, 3.8) is 0 Å². The zero-order valence-corrected chi connectivity index (χ0v) is 7.24. The topological polar surface area (TPSA) is 43.8 Å². The number of aromatic nitrogens is 2. The number of hydrogen-bond acceptors (Lipinski definition) is 2. The Balaban J connectivity index is 3.41. The van der Waals surface area contributed by atoms with Crippen molar-refractivity contribution in [3.05, 3.63) is 17.2 Å². The maximum Gasteiger partial charge on any atom is 0.451 e. The molecule has 0 fully saturated rings. The third kappa shape index (κ3) is 2.00. The summed E-state index contributed by atoms with van der Waals surface area (Å²) in [5.74, 6) is 2.92. The molecule has 0 atom stereocenters. The molecule has 0 amide bonds. The lowest BCUT2D eigenvalue weighted by atomic mass is 10.3. The molecular formula is C6H5F6N3. The van der Waals surface area contributed by atoms with Gasteiger partial charge in [-0.2, -0.15) is 26.3 Å². The molecule has 1 rings (SSSR count). The number of hydrogen-bond donors (Lipinski definition) is 1. The molecule has 0 saturated heterocycles. The van der Waals surface area contributed by atoms with Crippen LogP contribution in [-0.2, 0) is 12.4 Å². The number of nitrogens with zero attached hydrogens (tertiary/aromatic N) is 2. The van der Waals surface area contributed by atoms with Crippen LogP contribution < -0.4 is 5.84 Å². The number of alkyl halides is 6. The molecular weight excluding hydrogens is 228 g/mol. The van der Waals surface area contributed by atoms with Gasteiger partial charge in [0.2, 0.25) is 5.82 Å². The SMILES string of the molecule is Cc1nc(C(F)(F)F)n(N)c1C(F)(F)F. The molecule has 86 valence electrons. The van der Waals surface area contributed by atoms with Crippen molar-refractivity contribution in [1.82, 2.24) is 9.66 Å². The molecule has 2 N–H and O–H groups in total. The molecule has 1 heterocycles. The van der Waals surface area contributed by atoms with E-state index >= 15 is 0 Å². The highest BCUT2D eigenvalue weighted by Crippen LogP contribution is 2.35. The fourth-order valence-corrected chi connectivity index (χ4v) is 1.09. The third-order valence-corrected chi connectivity index (χ3v) is 1.61. The van der Waals surface area contributed by atoms with Crippen LogP contribution in [0.1, 0.15) is 17.2 Å². The first kappa shape index (κ1) is 11.7. The number of rotatable bonds is 0. The van der Waals surface area contributed by atoms with Crippen LogP contribution in [0.2, 0.25) is 0 Å². The van der Waals surface area contributed by atoms with E-state index in [2.05, 4.69) is 4.98 Å². The van der Waals surface area contributed by atoms with Crippen LogP contribution in [0, 0.1) is 6.92 Å². The van der Waals surface area contributed by atoms with Crippen LogP contribution in [0.5, 0.6) is 0 Å². The summed E-state index contributed by atoms with van der Waals surface area (Å²) >= 11 is 0. The highest BCUT2D eigenvalue weighted by atomic mass is 19.4. The minimum atomic E-state index is -5.01. The van der Waals surface area contributed by atoms with Gasteiger partial charge in [0, 0.05) is 0 Å². The zero-order chi connectivity index (χ0) is 12.0. The van der Waals surface area contributed by atoms with Crippen molar-refractivity contribution in [1.29, 1.82) is 0 Å². The summed E-state index contributed by atoms with van der Waals surface area (Å²) in [6.45, 7) is 0.807. The first-order chi connectivity index (χ1) is 6.55. The van der Waals surface area contributed by atoms with Gasteiger partial charge in [0.25, 0.3) is 0 Å². The largest absolute Gasteiger partial charge is 0.451 e. The van der Waals surface area contributed by atoms with E-state index in [1.54, 1.807) is 0 Å². The second kappa shape index (κ2) is 3.04. The lowest BCUT2D eigenvalue weighted by Crippen LogP contribution is -2.26. The van der Waals surface area contributed by atoms with Gasteiger partial charge < -0.3 is 5.84 Å². The van der Waals surface area contributed by atoms with Gasteiger partial charge in [0.1, 0.15) is 0 Å². The van der Waals surface area contributed by atoms with Crippen LogP contribution in [-0.4, -0.2) is 9.66 Å². The summed E-state index contributed by atoms with van der Waals surface area (Å²) in [6.07, 6.45) is -9.97. The molecule has 0 aromatic carbocycles. The maximum atomic E-state index is 12.2. The van der Waals surface area contributed by atoms with E-state index < -0.39 is 34.2 Å². The normalized spacial score (nSPS) is 13.3. The molecule has 1 aromatic rings. The van der Waals surface area contributed by atoms with Crippen molar-refractivity contribution in [2.45, 2.75) is 19.3 Å². The van der Waals surface area contributed by atoms with Gasteiger partial charge in [-0.25, -0.2) is 9.66 Å². The van der Waals surface area contributed by atoms with Gasteiger partial charge >= 0.3 is 12.4 Å². The predicted molar refractivity (Wildman–Crippen MR) is 37.1 cm³/mol. The second-order valence-corrected chi connectivity index (χ2v) is 2.73. The molecule has 0 saturated carbocycles. The van der Waals surface area contributed by atoms with Crippen LogP contribution in [0.4, 0.5) is 26.3 Å². The van der Waals surface area contributed by atoms with E-state index in [9.17, 15) is 26.3 Å². The molecule has 0 bridgehead atoms. The molecule has 1 aromatic heterocycles. The van der Waals surface area contributed by atoms with Gasteiger partial charge in [0.05, 0.1) is 5.69 Å². The smallest absolute Gasteiger partial charge is 0.337 e. The monoisotopic (exact) mass is 233 g/mol. The number of aryl methyl sites for hydroxylation is 1. The number of nitrogens with two attached hydrogens (primary N) is 1. The second-order valence-electron chi connectivity index (χ2n) is 2.73. The van der Waals surface area contributed by atoms with Crippen molar-refractivity contribution >= 4 is 0 Å². The van der Waals surface area contributed by atoms with E-state index in [4.69, 9.17) is 5.84 Å². The summed E-state index contributed by atoms with van der Waals surface area (Å²) in [4.78, 5) is 2.74. The zero-order valence-electron chi connectivity index (χ0n) is 7.24. The Morgan fingerprint density at radius 3 is 1.73 bits per heavy atom. The lowest BCUT2D eigenvalue weighted by molar-refractivity contribution is -0.153. The van der Waals surface area contributed by atoms with Crippen LogP contribution in [0.15, 0.2) is 0 Å². The molecule has 0 spiro atoms. The average molecular weight is 233 g/mol. The lowest BCUT2D eigenvalue weighted by Gasteiger charge is -2.10. The van der Waals surface area contributed by atoms with Gasteiger partial charge in [-0.1, -0.05) is 0 Å². The molecule has 15 heavy (non-hydrogen) atoms. The van der Waals surface area contributed by atoms with Gasteiger partial charge in [-0.15, -0.1) is 0 Å². The third-order valence-electron chi connectivity index (χ3n) is 1.61. The fourth-order valence-electron chi connectivity index (χ4n) is 1.09.